The van der Waals surface area contributed by atoms with Gasteiger partial charge in [0.2, 0.25) is 0 Å². The summed E-state index contributed by atoms with van der Waals surface area (Å²) in [6.45, 7) is 8.63. The number of carbonyl (C=O) groups excluding carboxylic acids is 1. The number of piperidine rings is 1. The van der Waals surface area contributed by atoms with Gasteiger partial charge >= 0.3 is 6.09 Å². The highest BCUT2D eigenvalue weighted by Gasteiger charge is 2.32. The van der Waals surface area contributed by atoms with E-state index in [9.17, 15) is 9.90 Å². The third-order valence-corrected chi connectivity index (χ3v) is 3.18. The maximum absolute atomic E-state index is 12.0. The van der Waals surface area contributed by atoms with Gasteiger partial charge in [-0.25, -0.2) is 4.79 Å². The fraction of sp³-hybridized carbons (Fsp3) is 0.923. The average Bonchev–Trinajstić information content (AvgIpc) is 2.25. The second-order valence-electron chi connectivity index (χ2n) is 5.81. The maximum Gasteiger partial charge on any atom is 0.410 e. The zero-order valence-corrected chi connectivity index (χ0v) is 11.4. The van der Waals surface area contributed by atoms with Crippen molar-refractivity contribution in [1.82, 2.24) is 4.90 Å². The number of likely N-dealkylation sites (tertiary alicyclic amines) is 1. The van der Waals surface area contributed by atoms with Crippen molar-refractivity contribution >= 4 is 6.09 Å². The lowest BCUT2D eigenvalue weighted by Gasteiger charge is -2.39. The van der Waals surface area contributed by atoms with E-state index in [1.54, 1.807) is 0 Å². The van der Waals surface area contributed by atoms with Crippen molar-refractivity contribution in [3.63, 3.8) is 0 Å². The van der Waals surface area contributed by atoms with Crippen molar-refractivity contribution in [3.8, 4) is 0 Å². The van der Waals surface area contributed by atoms with Gasteiger partial charge in [0.1, 0.15) is 5.60 Å². The van der Waals surface area contributed by atoms with E-state index < -0.39 is 5.60 Å². The van der Waals surface area contributed by atoms with Crippen LogP contribution in [-0.4, -0.2) is 40.9 Å². The number of aliphatic hydroxyl groups is 1. The summed E-state index contributed by atoms with van der Waals surface area (Å²) < 4.78 is 5.40. The Morgan fingerprint density at radius 3 is 2.59 bits per heavy atom. The molecule has 0 bridgehead atoms. The van der Waals surface area contributed by atoms with Crippen molar-refractivity contribution in [1.29, 1.82) is 0 Å². The highest BCUT2D eigenvalue weighted by Crippen LogP contribution is 2.26. The van der Waals surface area contributed by atoms with Crippen LogP contribution in [0.3, 0.4) is 0 Å². The van der Waals surface area contributed by atoms with Gasteiger partial charge in [-0.15, -0.1) is 0 Å². The monoisotopic (exact) mass is 243 g/mol. The van der Waals surface area contributed by atoms with Gasteiger partial charge in [0.15, 0.2) is 0 Å². The molecular formula is C13H25NO3. The number of aliphatic hydroxyl groups excluding tert-OH is 1. The van der Waals surface area contributed by atoms with Crippen LogP contribution in [0.15, 0.2) is 0 Å². The molecule has 17 heavy (non-hydrogen) atoms. The summed E-state index contributed by atoms with van der Waals surface area (Å²) in [5.74, 6) is 0.332. The van der Waals surface area contributed by atoms with Crippen LogP contribution < -0.4 is 0 Å². The summed E-state index contributed by atoms with van der Waals surface area (Å²) in [5.41, 5.74) is -0.441. The number of amides is 1. The van der Waals surface area contributed by atoms with Gasteiger partial charge in [0.25, 0.3) is 0 Å². The summed E-state index contributed by atoms with van der Waals surface area (Å²) in [6.07, 6.45) is 2.44. The summed E-state index contributed by atoms with van der Waals surface area (Å²) in [4.78, 5) is 13.8. The molecule has 1 N–H and O–H groups in total. The smallest absolute Gasteiger partial charge is 0.410 e. The van der Waals surface area contributed by atoms with Gasteiger partial charge in [-0.05, 0) is 46.0 Å². The molecule has 4 nitrogen and oxygen atoms in total. The van der Waals surface area contributed by atoms with Gasteiger partial charge in [-0.3, -0.25) is 0 Å². The Balaban J connectivity index is 2.60. The standard InChI is InChI=1S/C13H25NO3/c1-5-11-8-10(9-15)6-7-14(11)12(16)17-13(2,3)4/h10-11,15H,5-9H2,1-4H3/t10-,11+/m0/s1. The Morgan fingerprint density at radius 2 is 2.12 bits per heavy atom. The van der Waals surface area contributed by atoms with Gasteiger partial charge in [-0.2, -0.15) is 0 Å². The number of nitrogens with zero attached hydrogens (tertiary/aromatic N) is 1. The molecule has 1 aliphatic rings. The Kier molecular flexibility index (Phi) is 4.80. The molecule has 0 aromatic rings. The highest BCUT2D eigenvalue weighted by molar-refractivity contribution is 5.68. The van der Waals surface area contributed by atoms with Crippen LogP contribution in [-0.2, 0) is 4.74 Å². The second-order valence-corrected chi connectivity index (χ2v) is 5.81. The fourth-order valence-corrected chi connectivity index (χ4v) is 2.25. The summed E-state index contributed by atoms with van der Waals surface area (Å²) in [5, 5.41) is 9.18. The summed E-state index contributed by atoms with van der Waals surface area (Å²) in [7, 11) is 0. The quantitative estimate of drug-likeness (QED) is 0.810. The Bertz CT molecular complexity index is 260. The minimum atomic E-state index is -0.441. The largest absolute Gasteiger partial charge is 0.444 e. The van der Waals surface area contributed by atoms with E-state index in [1.807, 2.05) is 25.7 Å². The molecule has 0 aromatic carbocycles. The number of hydrogen-bond donors (Lipinski definition) is 1. The topological polar surface area (TPSA) is 49.8 Å². The van der Waals surface area contributed by atoms with E-state index in [1.165, 1.54) is 0 Å². The minimum Gasteiger partial charge on any atom is -0.444 e. The molecule has 0 spiro atoms. The second kappa shape index (κ2) is 5.71. The number of carbonyl (C=O) groups is 1. The van der Waals surface area contributed by atoms with E-state index in [2.05, 4.69) is 6.92 Å². The van der Waals surface area contributed by atoms with Crippen molar-refractivity contribution < 1.29 is 14.6 Å². The van der Waals surface area contributed by atoms with E-state index in [-0.39, 0.29) is 18.7 Å². The molecule has 1 amide bonds. The van der Waals surface area contributed by atoms with Crippen LogP contribution in [0, 0.1) is 5.92 Å². The first-order chi connectivity index (χ1) is 7.87. The predicted octanol–water partition coefficient (Wildman–Crippen LogP) is 2.40. The van der Waals surface area contributed by atoms with Gasteiger partial charge in [-0.1, -0.05) is 6.92 Å². The first kappa shape index (κ1) is 14.3. The molecule has 0 aromatic heterocycles. The van der Waals surface area contributed by atoms with Crippen LogP contribution in [0.4, 0.5) is 4.79 Å². The third-order valence-electron chi connectivity index (χ3n) is 3.18. The SMILES string of the molecule is CC[C@@H]1C[C@@H](CO)CCN1C(=O)OC(C)(C)C. The number of hydrogen-bond acceptors (Lipinski definition) is 3. The normalized spacial score (nSPS) is 25.8. The lowest BCUT2D eigenvalue weighted by molar-refractivity contribution is 0.000261. The summed E-state index contributed by atoms with van der Waals surface area (Å²) in [6, 6.07) is 0.204. The molecule has 1 rings (SSSR count). The Labute approximate surface area is 104 Å². The van der Waals surface area contributed by atoms with E-state index >= 15 is 0 Å². The lowest BCUT2D eigenvalue weighted by atomic mass is 9.90. The average molecular weight is 243 g/mol. The Hall–Kier alpha value is -0.770. The van der Waals surface area contributed by atoms with Crippen LogP contribution in [0.1, 0.15) is 47.0 Å². The van der Waals surface area contributed by atoms with E-state index in [4.69, 9.17) is 4.74 Å². The molecule has 0 radical (unpaired) electrons. The van der Waals surface area contributed by atoms with E-state index in [0.29, 0.717) is 12.5 Å². The van der Waals surface area contributed by atoms with Crippen LogP contribution in [0.2, 0.25) is 0 Å². The third kappa shape index (κ3) is 4.19. The zero-order chi connectivity index (χ0) is 13.1. The molecule has 4 heteroatoms. The zero-order valence-electron chi connectivity index (χ0n) is 11.4. The molecule has 0 unspecified atom stereocenters. The van der Waals surface area contributed by atoms with Crippen molar-refractivity contribution in [2.45, 2.75) is 58.6 Å². The molecule has 0 saturated carbocycles. The van der Waals surface area contributed by atoms with E-state index in [0.717, 1.165) is 19.3 Å². The first-order valence-electron chi connectivity index (χ1n) is 6.47. The molecule has 100 valence electrons. The number of ether oxygens (including phenoxy) is 1. The predicted molar refractivity (Wildman–Crippen MR) is 66.8 cm³/mol. The first-order valence-corrected chi connectivity index (χ1v) is 6.47. The van der Waals surface area contributed by atoms with Crippen molar-refractivity contribution in [2.75, 3.05) is 13.2 Å². The lowest BCUT2D eigenvalue weighted by Crippen LogP contribution is -2.48. The Morgan fingerprint density at radius 1 is 1.47 bits per heavy atom. The molecule has 2 atom stereocenters. The van der Waals surface area contributed by atoms with Crippen molar-refractivity contribution in [3.05, 3.63) is 0 Å². The highest BCUT2D eigenvalue weighted by atomic mass is 16.6. The molecular weight excluding hydrogens is 218 g/mol. The molecule has 1 heterocycles. The van der Waals surface area contributed by atoms with Crippen LogP contribution in [0.5, 0.6) is 0 Å². The molecule has 0 aliphatic carbocycles. The van der Waals surface area contributed by atoms with Gasteiger partial charge < -0.3 is 14.7 Å². The van der Waals surface area contributed by atoms with Crippen LogP contribution in [0.25, 0.3) is 0 Å². The minimum absolute atomic E-state index is 0.204. The fourth-order valence-electron chi connectivity index (χ4n) is 2.25. The van der Waals surface area contributed by atoms with Crippen LogP contribution >= 0.6 is 0 Å². The van der Waals surface area contributed by atoms with Gasteiger partial charge in [0, 0.05) is 19.2 Å². The maximum atomic E-state index is 12.0. The molecule has 1 aliphatic heterocycles. The van der Waals surface area contributed by atoms with Crippen molar-refractivity contribution in [2.24, 2.45) is 5.92 Å². The molecule has 1 saturated heterocycles. The summed E-state index contributed by atoms with van der Waals surface area (Å²) >= 11 is 0. The van der Waals surface area contributed by atoms with Gasteiger partial charge in [0.05, 0.1) is 0 Å². The number of rotatable bonds is 2. The molecule has 1 fully saturated rings.